The molecule has 0 unspecified atom stereocenters. The van der Waals surface area contributed by atoms with Crippen LogP contribution in [0.3, 0.4) is 0 Å². The fraction of sp³-hybridized carbons (Fsp3) is 0.111. The Labute approximate surface area is 88.6 Å². The number of aromatic nitrogens is 2. The highest BCUT2D eigenvalue weighted by Gasteiger charge is 2.12. The molecule has 2 aromatic heterocycles. The van der Waals surface area contributed by atoms with Crippen molar-refractivity contribution in [2.75, 3.05) is 7.11 Å². The molecule has 2 rings (SSSR count). The Morgan fingerprint density at radius 3 is 3.07 bits per heavy atom. The molecule has 2 heterocycles. The van der Waals surface area contributed by atoms with E-state index in [-0.39, 0.29) is 5.97 Å². The lowest BCUT2D eigenvalue weighted by Crippen LogP contribution is -2.03. The van der Waals surface area contributed by atoms with Crippen molar-refractivity contribution in [1.29, 1.82) is 0 Å². The lowest BCUT2D eigenvalue weighted by Gasteiger charge is -2.03. The molecule has 0 aliphatic heterocycles. The maximum Gasteiger partial charge on any atom is 0.339 e. The molecule has 0 spiro atoms. The Morgan fingerprint density at radius 1 is 1.57 bits per heavy atom. The average molecular weight is 255 g/mol. The highest BCUT2D eigenvalue weighted by molar-refractivity contribution is 9.10. The van der Waals surface area contributed by atoms with Crippen LogP contribution in [0.5, 0.6) is 0 Å². The van der Waals surface area contributed by atoms with Gasteiger partial charge in [0.25, 0.3) is 0 Å². The van der Waals surface area contributed by atoms with Gasteiger partial charge in [0.2, 0.25) is 0 Å². The Balaban J connectivity index is 2.67. The van der Waals surface area contributed by atoms with Gasteiger partial charge in [-0.3, -0.25) is 0 Å². The number of esters is 1. The van der Waals surface area contributed by atoms with E-state index in [2.05, 4.69) is 25.8 Å². The van der Waals surface area contributed by atoms with Crippen LogP contribution in [0.2, 0.25) is 0 Å². The first kappa shape index (κ1) is 9.21. The SMILES string of the molecule is COC(=O)c1ccn2nccc2c1Br. The third kappa shape index (κ3) is 1.29. The molecule has 2 aromatic rings. The van der Waals surface area contributed by atoms with Crippen LogP contribution in [-0.4, -0.2) is 22.7 Å². The van der Waals surface area contributed by atoms with E-state index in [0.717, 1.165) is 5.52 Å². The van der Waals surface area contributed by atoms with Crippen LogP contribution in [0, 0.1) is 0 Å². The van der Waals surface area contributed by atoms with Crippen LogP contribution in [0.15, 0.2) is 29.0 Å². The number of ether oxygens (including phenoxy) is 1. The number of fused-ring (bicyclic) bond motifs is 1. The van der Waals surface area contributed by atoms with E-state index in [1.165, 1.54) is 7.11 Å². The molecule has 0 saturated carbocycles. The molecule has 5 heteroatoms. The summed E-state index contributed by atoms with van der Waals surface area (Å²) in [6.07, 6.45) is 3.38. The van der Waals surface area contributed by atoms with Gasteiger partial charge in [-0.25, -0.2) is 9.31 Å². The van der Waals surface area contributed by atoms with Gasteiger partial charge in [0.1, 0.15) is 0 Å². The van der Waals surface area contributed by atoms with Crippen molar-refractivity contribution in [3.8, 4) is 0 Å². The van der Waals surface area contributed by atoms with E-state index >= 15 is 0 Å². The van der Waals surface area contributed by atoms with Gasteiger partial charge in [-0.2, -0.15) is 5.10 Å². The number of rotatable bonds is 1. The normalized spacial score (nSPS) is 10.4. The summed E-state index contributed by atoms with van der Waals surface area (Å²) in [5, 5.41) is 4.04. The number of halogens is 1. The number of methoxy groups -OCH3 is 1. The maximum atomic E-state index is 11.3. The van der Waals surface area contributed by atoms with Gasteiger partial charge >= 0.3 is 5.97 Å². The van der Waals surface area contributed by atoms with Crippen LogP contribution < -0.4 is 0 Å². The number of hydrogen-bond acceptors (Lipinski definition) is 3. The number of hydrogen-bond donors (Lipinski definition) is 0. The summed E-state index contributed by atoms with van der Waals surface area (Å²) in [5.41, 5.74) is 1.34. The predicted molar refractivity (Wildman–Crippen MR) is 54.2 cm³/mol. The molecule has 0 saturated heterocycles. The van der Waals surface area contributed by atoms with Crippen molar-refractivity contribution in [2.24, 2.45) is 0 Å². The minimum atomic E-state index is -0.361. The summed E-state index contributed by atoms with van der Waals surface area (Å²) < 4.78 is 7.02. The zero-order valence-corrected chi connectivity index (χ0v) is 8.98. The van der Waals surface area contributed by atoms with E-state index in [1.807, 2.05) is 6.07 Å². The van der Waals surface area contributed by atoms with Crippen LogP contribution in [0.25, 0.3) is 5.52 Å². The first-order valence-electron chi connectivity index (χ1n) is 3.94. The van der Waals surface area contributed by atoms with Gasteiger partial charge in [-0.15, -0.1) is 0 Å². The van der Waals surface area contributed by atoms with Gasteiger partial charge in [-0.05, 0) is 28.1 Å². The largest absolute Gasteiger partial charge is 0.465 e. The highest BCUT2D eigenvalue weighted by atomic mass is 79.9. The summed E-state index contributed by atoms with van der Waals surface area (Å²) in [6, 6.07) is 3.48. The van der Waals surface area contributed by atoms with E-state index in [0.29, 0.717) is 10.0 Å². The summed E-state index contributed by atoms with van der Waals surface area (Å²) in [6.45, 7) is 0. The molecule has 0 N–H and O–H groups in total. The molecule has 0 aromatic carbocycles. The molecular weight excluding hydrogens is 248 g/mol. The average Bonchev–Trinajstić information content (AvgIpc) is 2.66. The molecule has 0 amide bonds. The van der Waals surface area contributed by atoms with Gasteiger partial charge in [0, 0.05) is 6.20 Å². The fourth-order valence-corrected chi connectivity index (χ4v) is 1.84. The van der Waals surface area contributed by atoms with E-state index in [4.69, 9.17) is 0 Å². The number of nitrogens with zero attached hydrogens (tertiary/aromatic N) is 2. The molecule has 0 aliphatic carbocycles. The molecule has 0 radical (unpaired) electrons. The van der Waals surface area contributed by atoms with Crippen molar-refractivity contribution < 1.29 is 9.53 Å². The number of pyridine rings is 1. The van der Waals surface area contributed by atoms with Crippen molar-refractivity contribution >= 4 is 27.4 Å². The van der Waals surface area contributed by atoms with Gasteiger partial charge in [0.05, 0.1) is 28.9 Å². The number of carbonyl (C=O) groups excluding carboxylic acids is 1. The standard InChI is InChI=1S/C9H7BrN2O2/c1-14-9(13)6-3-5-12-7(8(6)10)2-4-11-12/h2-5H,1H3. The molecular formula is C9H7BrN2O2. The summed E-state index contributed by atoms with van der Waals surface area (Å²) in [5.74, 6) is -0.361. The fourth-order valence-electron chi connectivity index (χ4n) is 1.23. The minimum Gasteiger partial charge on any atom is -0.465 e. The molecule has 0 aliphatic rings. The molecule has 14 heavy (non-hydrogen) atoms. The summed E-state index contributed by atoms with van der Waals surface area (Å²) >= 11 is 3.34. The lowest BCUT2D eigenvalue weighted by molar-refractivity contribution is 0.0599. The maximum absolute atomic E-state index is 11.3. The topological polar surface area (TPSA) is 43.6 Å². The zero-order chi connectivity index (χ0) is 10.1. The Morgan fingerprint density at radius 2 is 2.36 bits per heavy atom. The summed E-state index contributed by atoms with van der Waals surface area (Å²) in [7, 11) is 1.36. The smallest absolute Gasteiger partial charge is 0.339 e. The highest BCUT2D eigenvalue weighted by Crippen LogP contribution is 2.22. The minimum absolute atomic E-state index is 0.361. The van der Waals surface area contributed by atoms with Crippen LogP contribution in [0.4, 0.5) is 0 Å². The van der Waals surface area contributed by atoms with Crippen molar-refractivity contribution in [2.45, 2.75) is 0 Å². The molecule has 0 fully saturated rings. The van der Waals surface area contributed by atoms with Gasteiger partial charge < -0.3 is 4.74 Å². The van der Waals surface area contributed by atoms with Crippen LogP contribution in [0.1, 0.15) is 10.4 Å². The first-order valence-corrected chi connectivity index (χ1v) is 4.73. The number of carbonyl (C=O) groups is 1. The molecule has 0 bridgehead atoms. The van der Waals surface area contributed by atoms with E-state index in [1.54, 1.807) is 23.0 Å². The second-order valence-electron chi connectivity index (χ2n) is 2.70. The van der Waals surface area contributed by atoms with E-state index < -0.39 is 0 Å². The van der Waals surface area contributed by atoms with Crippen LogP contribution in [-0.2, 0) is 4.74 Å². The first-order chi connectivity index (χ1) is 6.74. The summed E-state index contributed by atoms with van der Waals surface area (Å²) in [4.78, 5) is 11.3. The van der Waals surface area contributed by atoms with Crippen molar-refractivity contribution in [1.82, 2.24) is 9.61 Å². The quantitative estimate of drug-likeness (QED) is 0.731. The predicted octanol–water partition coefficient (Wildman–Crippen LogP) is 1.88. The van der Waals surface area contributed by atoms with E-state index in [9.17, 15) is 4.79 Å². The van der Waals surface area contributed by atoms with Gasteiger partial charge in [0.15, 0.2) is 0 Å². The zero-order valence-electron chi connectivity index (χ0n) is 7.40. The van der Waals surface area contributed by atoms with Crippen molar-refractivity contribution in [3.63, 3.8) is 0 Å². The molecule has 72 valence electrons. The van der Waals surface area contributed by atoms with Crippen LogP contribution >= 0.6 is 15.9 Å². The Kier molecular flexibility index (Phi) is 2.25. The lowest BCUT2D eigenvalue weighted by atomic mass is 10.2. The third-order valence-electron chi connectivity index (χ3n) is 1.92. The third-order valence-corrected chi connectivity index (χ3v) is 2.75. The molecule has 4 nitrogen and oxygen atoms in total. The second kappa shape index (κ2) is 3.42. The monoisotopic (exact) mass is 254 g/mol. The molecule has 0 atom stereocenters. The Bertz CT molecular complexity index is 493. The second-order valence-corrected chi connectivity index (χ2v) is 3.49. The Hall–Kier alpha value is -1.36. The van der Waals surface area contributed by atoms with Gasteiger partial charge in [-0.1, -0.05) is 0 Å². The van der Waals surface area contributed by atoms with Crippen molar-refractivity contribution in [3.05, 3.63) is 34.6 Å².